The molecule has 0 fully saturated rings. The minimum absolute atomic E-state index is 0.161. The van der Waals surface area contributed by atoms with Gasteiger partial charge in [0.25, 0.3) is 5.91 Å². The van der Waals surface area contributed by atoms with Crippen molar-refractivity contribution in [2.75, 3.05) is 13.7 Å². The number of halogens is 1. The van der Waals surface area contributed by atoms with Gasteiger partial charge in [0.1, 0.15) is 4.88 Å². The molecule has 1 amide bonds. The SMILES string of the molecule is COc1c(C(=O)NC(CN)Cc2ccccc2)sc(-c2ccnn2C)c1Br. The Labute approximate surface area is 170 Å². The predicted molar refractivity (Wildman–Crippen MR) is 111 cm³/mol. The first-order valence-corrected chi connectivity index (χ1v) is 10.1. The number of methoxy groups -OCH3 is 1. The Balaban J connectivity index is 1.84. The Kier molecular flexibility index (Phi) is 6.30. The lowest BCUT2D eigenvalue weighted by Gasteiger charge is -2.17. The van der Waals surface area contributed by atoms with Gasteiger partial charge in [-0.25, -0.2) is 0 Å². The third-order valence-corrected chi connectivity index (χ3v) is 6.43. The summed E-state index contributed by atoms with van der Waals surface area (Å²) in [6, 6.07) is 11.7. The Morgan fingerprint density at radius 2 is 2.11 bits per heavy atom. The van der Waals surface area contributed by atoms with Crippen molar-refractivity contribution in [3.8, 4) is 16.3 Å². The number of aryl methyl sites for hydroxylation is 1. The molecule has 1 aromatic carbocycles. The summed E-state index contributed by atoms with van der Waals surface area (Å²) in [7, 11) is 3.42. The average molecular weight is 449 g/mol. The van der Waals surface area contributed by atoms with Crippen molar-refractivity contribution in [2.45, 2.75) is 12.5 Å². The first kappa shape index (κ1) is 19.6. The number of nitrogens with zero attached hydrogens (tertiary/aromatic N) is 2. The van der Waals surface area contributed by atoms with Crippen LogP contribution >= 0.6 is 27.3 Å². The lowest BCUT2D eigenvalue weighted by atomic mass is 10.1. The van der Waals surface area contributed by atoms with E-state index in [4.69, 9.17) is 10.5 Å². The third kappa shape index (κ3) is 4.23. The van der Waals surface area contributed by atoms with E-state index < -0.39 is 0 Å². The molecule has 2 aromatic heterocycles. The van der Waals surface area contributed by atoms with Crippen LogP contribution in [0.2, 0.25) is 0 Å². The molecule has 0 bridgehead atoms. The third-order valence-electron chi connectivity index (χ3n) is 4.22. The van der Waals surface area contributed by atoms with Crippen molar-refractivity contribution in [1.29, 1.82) is 0 Å². The zero-order chi connectivity index (χ0) is 19.4. The van der Waals surface area contributed by atoms with Crippen molar-refractivity contribution in [1.82, 2.24) is 15.1 Å². The van der Waals surface area contributed by atoms with Gasteiger partial charge in [-0.3, -0.25) is 9.48 Å². The standard InChI is InChI=1S/C19H21BrN4O2S/c1-24-14(8-9-22-24)17-15(20)16(26-2)18(27-17)19(25)23-13(11-21)10-12-6-4-3-5-7-12/h3-9,13H,10-11,21H2,1-2H3,(H,23,25). The molecule has 142 valence electrons. The predicted octanol–water partition coefficient (Wildman–Crippen LogP) is 3.22. The van der Waals surface area contributed by atoms with E-state index in [2.05, 4.69) is 26.3 Å². The van der Waals surface area contributed by atoms with E-state index in [0.29, 0.717) is 23.6 Å². The number of carbonyl (C=O) groups excluding carboxylic acids is 1. The van der Waals surface area contributed by atoms with E-state index >= 15 is 0 Å². The van der Waals surface area contributed by atoms with Crippen LogP contribution in [0.15, 0.2) is 47.1 Å². The topological polar surface area (TPSA) is 82.2 Å². The van der Waals surface area contributed by atoms with Crippen LogP contribution in [0, 0.1) is 0 Å². The van der Waals surface area contributed by atoms with Gasteiger partial charge in [0.15, 0.2) is 5.75 Å². The first-order chi connectivity index (χ1) is 13.0. The summed E-state index contributed by atoms with van der Waals surface area (Å²) in [6.07, 6.45) is 2.39. The number of hydrogen-bond acceptors (Lipinski definition) is 5. The van der Waals surface area contributed by atoms with E-state index in [0.717, 1.165) is 20.6 Å². The van der Waals surface area contributed by atoms with Crippen molar-refractivity contribution in [3.05, 3.63) is 57.5 Å². The summed E-state index contributed by atoms with van der Waals surface area (Å²) >= 11 is 4.93. The number of hydrogen-bond donors (Lipinski definition) is 2. The smallest absolute Gasteiger partial charge is 0.265 e. The molecule has 0 spiro atoms. The number of aromatic nitrogens is 2. The summed E-state index contributed by atoms with van der Waals surface area (Å²) in [6.45, 7) is 0.351. The fourth-order valence-corrected chi connectivity index (χ4v) is 4.89. The molecule has 8 heteroatoms. The monoisotopic (exact) mass is 448 g/mol. The molecule has 0 saturated carbocycles. The zero-order valence-electron chi connectivity index (χ0n) is 15.1. The highest BCUT2D eigenvalue weighted by molar-refractivity contribution is 9.10. The highest BCUT2D eigenvalue weighted by Gasteiger charge is 2.25. The fraction of sp³-hybridized carbons (Fsp3) is 0.263. The molecular weight excluding hydrogens is 428 g/mol. The fourth-order valence-electron chi connectivity index (χ4n) is 2.83. The molecule has 0 radical (unpaired) electrons. The number of rotatable bonds is 7. The first-order valence-electron chi connectivity index (χ1n) is 8.44. The molecule has 0 saturated heterocycles. The van der Waals surface area contributed by atoms with Crippen LogP contribution in [-0.4, -0.2) is 35.4 Å². The minimum Gasteiger partial charge on any atom is -0.494 e. The van der Waals surface area contributed by atoms with Crippen LogP contribution in [0.4, 0.5) is 0 Å². The Morgan fingerprint density at radius 1 is 1.37 bits per heavy atom. The van der Waals surface area contributed by atoms with Crippen LogP contribution in [0.5, 0.6) is 5.75 Å². The van der Waals surface area contributed by atoms with Crippen molar-refractivity contribution >= 4 is 33.2 Å². The molecule has 0 aliphatic rings. The van der Waals surface area contributed by atoms with Gasteiger partial charge in [-0.05, 0) is 34.0 Å². The molecule has 1 atom stereocenters. The molecule has 3 rings (SSSR count). The van der Waals surface area contributed by atoms with E-state index in [1.165, 1.54) is 11.3 Å². The molecule has 0 aliphatic carbocycles. The van der Waals surface area contributed by atoms with E-state index in [1.807, 2.05) is 43.4 Å². The number of nitrogens with one attached hydrogen (secondary N) is 1. The summed E-state index contributed by atoms with van der Waals surface area (Å²) in [5, 5.41) is 7.23. The zero-order valence-corrected chi connectivity index (χ0v) is 17.5. The van der Waals surface area contributed by atoms with Crippen LogP contribution < -0.4 is 15.8 Å². The molecule has 1 unspecified atom stereocenters. The van der Waals surface area contributed by atoms with Gasteiger partial charge < -0.3 is 15.8 Å². The summed E-state index contributed by atoms with van der Waals surface area (Å²) in [5.41, 5.74) is 7.92. The Morgan fingerprint density at radius 3 is 2.70 bits per heavy atom. The highest BCUT2D eigenvalue weighted by atomic mass is 79.9. The molecular formula is C19H21BrN4O2S. The van der Waals surface area contributed by atoms with Gasteiger partial charge in [0, 0.05) is 25.8 Å². The van der Waals surface area contributed by atoms with Crippen molar-refractivity contribution < 1.29 is 9.53 Å². The molecule has 27 heavy (non-hydrogen) atoms. The van der Waals surface area contributed by atoms with E-state index in [9.17, 15) is 4.79 Å². The number of benzene rings is 1. The molecule has 0 aliphatic heterocycles. The van der Waals surface area contributed by atoms with Gasteiger partial charge in [0.05, 0.1) is 22.2 Å². The largest absolute Gasteiger partial charge is 0.494 e. The quantitative estimate of drug-likeness (QED) is 0.581. The Hall–Kier alpha value is -2.16. The lowest BCUT2D eigenvalue weighted by Crippen LogP contribution is -2.41. The second-order valence-electron chi connectivity index (χ2n) is 6.04. The summed E-state index contributed by atoms with van der Waals surface area (Å²) in [5.74, 6) is 0.321. The minimum atomic E-state index is -0.197. The number of amides is 1. The number of ether oxygens (including phenoxy) is 1. The van der Waals surface area contributed by atoms with Crippen LogP contribution in [0.1, 0.15) is 15.2 Å². The maximum absolute atomic E-state index is 12.9. The van der Waals surface area contributed by atoms with Gasteiger partial charge in [0.2, 0.25) is 0 Å². The van der Waals surface area contributed by atoms with Gasteiger partial charge in [-0.15, -0.1) is 11.3 Å². The highest BCUT2D eigenvalue weighted by Crippen LogP contribution is 2.45. The number of carbonyl (C=O) groups is 1. The molecule has 2 heterocycles. The molecule has 6 nitrogen and oxygen atoms in total. The lowest BCUT2D eigenvalue weighted by molar-refractivity contribution is 0.0939. The van der Waals surface area contributed by atoms with Gasteiger partial charge >= 0.3 is 0 Å². The average Bonchev–Trinajstić information content (AvgIpc) is 3.24. The molecule has 3 aromatic rings. The second-order valence-corrected chi connectivity index (χ2v) is 7.86. The van der Waals surface area contributed by atoms with Crippen molar-refractivity contribution in [2.24, 2.45) is 12.8 Å². The summed E-state index contributed by atoms with van der Waals surface area (Å²) < 4.78 is 8.00. The maximum atomic E-state index is 12.9. The van der Waals surface area contributed by atoms with Crippen LogP contribution in [0.25, 0.3) is 10.6 Å². The van der Waals surface area contributed by atoms with E-state index in [-0.39, 0.29) is 11.9 Å². The van der Waals surface area contributed by atoms with Gasteiger partial charge in [-0.2, -0.15) is 5.10 Å². The van der Waals surface area contributed by atoms with Crippen LogP contribution in [-0.2, 0) is 13.5 Å². The molecule has 3 N–H and O–H groups in total. The second kappa shape index (κ2) is 8.69. The number of nitrogens with two attached hydrogens (primary N) is 1. The van der Waals surface area contributed by atoms with Crippen molar-refractivity contribution in [3.63, 3.8) is 0 Å². The van der Waals surface area contributed by atoms with Crippen LogP contribution in [0.3, 0.4) is 0 Å². The Bertz CT molecular complexity index is 923. The number of thiophene rings is 1. The normalized spacial score (nSPS) is 12.0. The summed E-state index contributed by atoms with van der Waals surface area (Å²) in [4.78, 5) is 14.3. The van der Waals surface area contributed by atoms with E-state index in [1.54, 1.807) is 18.0 Å². The van der Waals surface area contributed by atoms with Gasteiger partial charge in [-0.1, -0.05) is 30.3 Å². The maximum Gasteiger partial charge on any atom is 0.265 e.